The number of esters is 1. The van der Waals surface area contributed by atoms with Gasteiger partial charge in [-0.15, -0.1) is 0 Å². The zero-order valence-electron chi connectivity index (χ0n) is 11.5. The summed E-state index contributed by atoms with van der Waals surface area (Å²) in [4.78, 5) is 22.6. The molecule has 22 heavy (non-hydrogen) atoms. The third-order valence-electron chi connectivity index (χ3n) is 2.77. The molecule has 0 spiro atoms. The van der Waals surface area contributed by atoms with Crippen LogP contribution in [0, 0.1) is 5.82 Å². The molecular formula is C13H14F4N2O3. The first-order valence-corrected chi connectivity index (χ1v) is 6.11. The van der Waals surface area contributed by atoms with Crippen LogP contribution in [0.25, 0.3) is 0 Å². The van der Waals surface area contributed by atoms with Gasteiger partial charge in [-0.1, -0.05) is 0 Å². The number of benzene rings is 1. The maximum Gasteiger partial charge on any atom is 0.416 e. The topological polar surface area (TPSA) is 81.4 Å². The van der Waals surface area contributed by atoms with Gasteiger partial charge in [0.05, 0.1) is 31.7 Å². The van der Waals surface area contributed by atoms with E-state index >= 15 is 0 Å². The highest BCUT2D eigenvalue weighted by Crippen LogP contribution is 2.32. The van der Waals surface area contributed by atoms with Crippen molar-refractivity contribution in [3.8, 4) is 0 Å². The molecule has 5 nitrogen and oxygen atoms in total. The van der Waals surface area contributed by atoms with Gasteiger partial charge in [0.15, 0.2) is 0 Å². The second kappa shape index (κ2) is 7.21. The van der Waals surface area contributed by atoms with Gasteiger partial charge < -0.3 is 15.8 Å². The van der Waals surface area contributed by atoms with Gasteiger partial charge in [-0.25, -0.2) is 4.39 Å². The first-order valence-electron chi connectivity index (χ1n) is 6.11. The van der Waals surface area contributed by atoms with Gasteiger partial charge in [0, 0.05) is 0 Å². The molecule has 0 radical (unpaired) electrons. The molecule has 122 valence electrons. The molecule has 0 aliphatic rings. The Hall–Kier alpha value is -2.16. The number of methoxy groups -OCH3 is 1. The average molecular weight is 322 g/mol. The Bertz CT molecular complexity index is 543. The fourth-order valence-corrected chi connectivity index (χ4v) is 1.73. The highest BCUT2D eigenvalue weighted by Gasteiger charge is 2.32. The molecule has 0 fully saturated rings. The lowest BCUT2D eigenvalue weighted by molar-refractivity contribution is -0.141. The maximum absolute atomic E-state index is 13.4. The summed E-state index contributed by atoms with van der Waals surface area (Å²) >= 11 is 0. The van der Waals surface area contributed by atoms with E-state index in [1.807, 2.05) is 0 Å². The van der Waals surface area contributed by atoms with E-state index in [4.69, 9.17) is 5.73 Å². The van der Waals surface area contributed by atoms with Crippen molar-refractivity contribution in [2.75, 3.05) is 13.7 Å². The normalized spacial score (nSPS) is 12.6. The van der Waals surface area contributed by atoms with Gasteiger partial charge in [-0.2, -0.15) is 13.2 Å². The van der Waals surface area contributed by atoms with Gasteiger partial charge in [-0.05, 0) is 23.8 Å². The molecule has 1 rings (SSSR count). The lowest BCUT2D eigenvalue weighted by Crippen LogP contribution is -2.35. The molecule has 0 saturated carbocycles. The van der Waals surface area contributed by atoms with Gasteiger partial charge >= 0.3 is 12.1 Å². The Morgan fingerprint density at radius 2 is 1.95 bits per heavy atom. The van der Waals surface area contributed by atoms with Crippen LogP contribution >= 0.6 is 0 Å². The van der Waals surface area contributed by atoms with Crippen LogP contribution in [-0.2, 0) is 20.5 Å². The van der Waals surface area contributed by atoms with Crippen molar-refractivity contribution in [2.24, 2.45) is 5.73 Å². The monoisotopic (exact) mass is 322 g/mol. The summed E-state index contributed by atoms with van der Waals surface area (Å²) in [6, 6.07) is 0.608. The molecular weight excluding hydrogens is 308 g/mol. The van der Waals surface area contributed by atoms with Crippen LogP contribution in [0.2, 0.25) is 0 Å². The summed E-state index contributed by atoms with van der Waals surface area (Å²) < 4.78 is 55.9. The summed E-state index contributed by atoms with van der Waals surface area (Å²) in [7, 11) is 1.08. The quantitative estimate of drug-likeness (QED) is 0.636. The number of hydrogen-bond donors (Lipinski definition) is 2. The van der Waals surface area contributed by atoms with E-state index in [1.165, 1.54) is 0 Å². The Morgan fingerprint density at radius 1 is 1.32 bits per heavy atom. The third kappa shape index (κ3) is 4.99. The highest BCUT2D eigenvalue weighted by molar-refractivity contribution is 5.79. The smallest absolute Gasteiger partial charge is 0.416 e. The highest BCUT2D eigenvalue weighted by atomic mass is 19.4. The van der Waals surface area contributed by atoms with Crippen molar-refractivity contribution in [1.82, 2.24) is 5.32 Å². The molecule has 0 aliphatic heterocycles. The van der Waals surface area contributed by atoms with Crippen LogP contribution in [-0.4, -0.2) is 25.5 Å². The van der Waals surface area contributed by atoms with Crippen LogP contribution in [0.3, 0.4) is 0 Å². The van der Waals surface area contributed by atoms with E-state index in [2.05, 4.69) is 10.1 Å². The fraction of sp³-hybridized carbons (Fsp3) is 0.385. The molecule has 0 unspecified atom stereocenters. The number of alkyl halides is 3. The van der Waals surface area contributed by atoms with E-state index < -0.39 is 48.4 Å². The van der Waals surface area contributed by atoms with Gasteiger partial charge in [0.1, 0.15) is 5.82 Å². The van der Waals surface area contributed by atoms with Crippen molar-refractivity contribution in [2.45, 2.75) is 18.6 Å². The molecule has 9 heteroatoms. The number of hydrogen-bond acceptors (Lipinski definition) is 4. The molecule has 1 atom stereocenters. The zero-order valence-corrected chi connectivity index (χ0v) is 11.5. The minimum absolute atomic E-state index is 0.209. The number of carbonyl (C=O) groups is 2. The Kier molecular flexibility index (Phi) is 5.86. The minimum atomic E-state index is -4.76. The standard InChI is InChI=1S/C13H14F4N2O3/c1-22-12(21)5-10(19-11(20)6-18)7-2-8(13(15,16)17)4-9(14)3-7/h2-4,10H,5-6,18H2,1H3,(H,19,20)/t10-/m0/s1. The molecule has 3 N–H and O–H groups in total. The van der Waals surface area contributed by atoms with Crippen LogP contribution < -0.4 is 11.1 Å². The minimum Gasteiger partial charge on any atom is -0.469 e. The third-order valence-corrected chi connectivity index (χ3v) is 2.77. The second-order valence-corrected chi connectivity index (χ2v) is 4.38. The van der Waals surface area contributed by atoms with Crippen LogP contribution in [0.4, 0.5) is 17.6 Å². The molecule has 0 saturated heterocycles. The molecule has 1 aromatic carbocycles. The molecule has 0 aromatic heterocycles. The number of rotatable bonds is 5. The Balaban J connectivity index is 3.20. The molecule has 0 aliphatic carbocycles. The number of nitrogens with one attached hydrogen (secondary N) is 1. The number of ether oxygens (including phenoxy) is 1. The molecule has 1 aromatic rings. The lowest BCUT2D eigenvalue weighted by atomic mass is 10.0. The number of carbonyl (C=O) groups excluding carboxylic acids is 2. The molecule has 1 amide bonds. The summed E-state index contributed by atoms with van der Waals surface area (Å²) in [5.74, 6) is -2.62. The number of amides is 1. The molecule has 0 bridgehead atoms. The summed E-state index contributed by atoms with van der Waals surface area (Å²) in [6.45, 7) is -0.431. The van der Waals surface area contributed by atoms with E-state index in [0.29, 0.717) is 12.1 Å². The average Bonchev–Trinajstić information content (AvgIpc) is 2.44. The van der Waals surface area contributed by atoms with Crippen LogP contribution in [0.15, 0.2) is 18.2 Å². The van der Waals surface area contributed by atoms with Crippen LogP contribution in [0.1, 0.15) is 23.6 Å². The fourth-order valence-electron chi connectivity index (χ4n) is 1.73. The predicted octanol–water partition coefficient (Wildman–Crippen LogP) is 1.52. The Labute approximate surface area is 123 Å². The zero-order chi connectivity index (χ0) is 16.9. The number of nitrogens with two attached hydrogens (primary N) is 1. The molecule has 0 heterocycles. The van der Waals surface area contributed by atoms with E-state index in [1.54, 1.807) is 0 Å². The van der Waals surface area contributed by atoms with Gasteiger partial charge in [-0.3, -0.25) is 9.59 Å². The maximum atomic E-state index is 13.4. The van der Waals surface area contributed by atoms with Gasteiger partial charge in [0.2, 0.25) is 5.91 Å². The predicted molar refractivity (Wildman–Crippen MR) is 68.0 cm³/mol. The van der Waals surface area contributed by atoms with Gasteiger partial charge in [0.25, 0.3) is 0 Å². The SMILES string of the molecule is COC(=O)C[C@H](NC(=O)CN)c1cc(F)cc(C(F)(F)F)c1. The van der Waals surface area contributed by atoms with E-state index in [9.17, 15) is 27.2 Å². The van der Waals surface area contributed by atoms with Crippen molar-refractivity contribution < 1.29 is 31.9 Å². The lowest BCUT2D eigenvalue weighted by Gasteiger charge is -2.19. The first-order chi connectivity index (χ1) is 10.2. The second-order valence-electron chi connectivity index (χ2n) is 4.38. The first kappa shape index (κ1) is 17.9. The number of halogens is 4. The Morgan fingerprint density at radius 3 is 2.45 bits per heavy atom. The summed E-state index contributed by atoms with van der Waals surface area (Å²) in [5, 5.41) is 2.26. The largest absolute Gasteiger partial charge is 0.469 e. The van der Waals surface area contributed by atoms with Crippen molar-refractivity contribution in [3.05, 3.63) is 35.1 Å². The van der Waals surface area contributed by atoms with Crippen LogP contribution in [0.5, 0.6) is 0 Å². The van der Waals surface area contributed by atoms with E-state index in [0.717, 1.165) is 13.2 Å². The van der Waals surface area contributed by atoms with Crippen molar-refractivity contribution in [3.63, 3.8) is 0 Å². The van der Waals surface area contributed by atoms with E-state index in [-0.39, 0.29) is 5.56 Å². The summed E-state index contributed by atoms with van der Waals surface area (Å²) in [5.41, 5.74) is 3.68. The summed E-state index contributed by atoms with van der Waals surface area (Å²) in [6.07, 6.45) is -5.21. The van der Waals surface area contributed by atoms with Crippen molar-refractivity contribution >= 4 is 11.9 Å². The van der Waals surface area contributed by atoms with Crippen molar-refractivity contribution in [1.29, 1.82) is 0 Å².